The second-order valence-corrected chi connectivity index (χ2v) is 7.16. The van der Waals surface area contributed by atoms with Gasteiger partial charge in [-0.3, -0.25) is 5.32 Å². The molecule has 2 nitrogen and oxygen atoms in total. The summed E-state index contributed by atoms with van der Waals surface area (Å²) in [7, 11) is 4.67. The van der Waals surface area contributed by atoms with Gasteiger partial charge in [0.25, 0.3) is 0 Å². The zero-order valence-corrected chi connectivity index (χ0v) is 15.7. The van der Waals surface area contributed by atoms with Crippen molar-refractivity contribution in [3.63, 3.8) is 0 Å². The van der Waals surface area contributed by atoms with E-state index in [1.807, 2.05) is 0 Å². The average molecular weight is 300 g/mol. The van der Waals surface area contributed by atoms with Gasteiger partial charge in [0.15, 0.2) is 0 Å². The van der Waals surface area contributed by atoms with E-state index < -0.39 is 0 Å². The standard InChI is InChI=1S/C19H43N2/c1-6-9-10-11-12-13-14-15-16-17-18-20-19(7-2)21(4,5)8-3/h19-20H,6-18H2,1-5H3/q+1. The lowest BCUT2D eigenvalue weighted by Gasteiger charge is -2.37. The molecule has 0 aliphatic carbocycles. The third kappa shape index (κ3) is 11.2. The predicted octanol–water partition coefficient (Wildman–Crippen LogP) is 5.33. The molecule has 21 heavy (non-hydrogen) atoms. The fraction of sp³-hybridized carbons (Fsp3) is 1.00. The van der Waals surface area contributed by atoms with Crippen LogP contribution in [0.15, 0.2) is 0 Å². The Hall–Kier alpha value is -0.0800. The molecule has 0 aromatic rings. The molecule has 0 heterocycles. The van der Waals surface area contributed by atoms with Gasteiger partial charge in [-0.25, -0.2) is 0 Å². The zero-order valence-electron chi connectivity index (χ0n) is 15.7. The highest BCUT2D eigenvalue weighted by atomic mass is 15.4. The maximum Gasteiger partial charge on any atom is 0.142 e. The lowest BCUT2D eigenvalue weighted by molar-refractivity contribution is -0.916. The third-order valence-corrected chi connectivity index (χ3v) is 4.96. The number of rotatable bonds is 15. The molecule has 0 fully saturated rings. The Balaban J connectivity index is 3.39. The molecule has 0 bridgehead atoms. The van der Waals surface area contributed by atoms with Gasteiger partial charge in [0.05, 0.1) is 20.6 Å². The van der Waals surface area contributed by atoms with Crippen molar-refractivity contribution in [2.75, 3.05) is 27.2 Å². The van der Waals surface area contributed by atoms with Crippen LogP contribution in [0.3, 0.4) is 0 Å². The summed E-state index contributed by atoms with van der Waals surface area (Å²) in [5.41, 5.74) is 0. The number of nitrogens with one attached hydrogen (secondary N) is 1. The van der Waals surface area contributed by atoms with Gasteiger partial charge in [-0.05, 0) is 13.3 Å². The first kappa shape index (κ1) is 20.9. The lowest BCUT2D eigenvalue weighted by Crippen LogP contribution is -2.55. The summed E-state index contributed by atoms with van der Waals surface area (Å²) in [4.78, 5) is 0. The van der Waals surface area contributed by atoms with E-state index in [0.717, 1.165) is 4.48 Å². The van der Waals surface area contributed by atoms with Crippen molar-refractivity contribution < 1.29 is 4.48 Å². The Morgan fingerprint density at radius 3 is 1.62 bits per heavy atom. The van der Waals surface area contributed by atoms with Gasteiger partial charge in [0.1, 0.15) is 6.17 Å². The molecule has 0 rings (SSSR count). The Kier molecular flexibility index (Phi) is 13.5. The Labute approximate surface area is 135 Å². The van der Waals surface area contributed by atoms with E-state index in [2.05, 4.69) is 40.2 Å². The van der Waals surface area contributed by atoms with Crippen molar-refractivity contribution in [1.29, 1.82) is 0 Å². The van der Waals surface area contributed by atoms with E-state index in [4.69, 9.17) is 0 Å². The molecule has 0 aliphatic rings. The summed E-state index contributed by atoms with van der Waals surface area (Å²) in [6.07, 6.45) is 16.1. The summed E-state index contributed by atoms with van der Waals surface area (Å²) in [5, 5.41) is 3.76. The normalized spacial score (nSPS) is 13.6. The van der Waals surface area contributed by atoms with E-state index in [-0.39, 0.29) is 0 Å². The SMILES string of the molecule is CCCCCCCCCCCCNC(CC)[N+](C)(C)CC. The second-order valence-electron chi connectivity index (χ2n) is 7.16. The van der Waals surface area contributed by atoms with Gasteiger partial charge in [0, 0.05) is 13.0 Å². The molecule has 0 amide bonds. The molecule has 0 radical (unpaired) electrons. The quantitative estimate of drug-likeness (QED) is 0.245. The number of hydrogen-bond donors (Lipinski definition) is 1. The smallest absolute Gasteiger partial charge is 0.142 e. The molecule has 1 N–H and O–H groups in total. The van der Waals surface area contributed by atoms with Crippen molar-refractivity contribution in [3.8, 4) is 0 Å². The first-order valence-corrected chi connectivity index (χ1v) is 9.64. The van der Waals surface area contributed by atoms with E-state index in [0.29, 0.717) is 6.17 Å². The van der Waals surface area contributed by atoms with Crippen LogP contribution in [0.2, 0.25) is 0 Å². The van der Waals surface area contributed by atoms with Crippen molar-refractivity contribution in [2.45, 2.75) is 97.6 Å². The minimum Gasteiger partial charge on any atom is -0.314 e. The van der Waals surface area contributed by atoms with E-state index >= 15 is 0 Å². The van der Waals surface area contributed by atoms with Crippen LogP contribution in [0.5, 0.6) is 0 Å². The highest BCUT2D eigenvalue weighted by molar-refractivity contribution is 4.55. The predicted molar refractivity (Wildman–Crippen MR) is 96.6 cm³/mol. The summed E-state index contributed by atoms with van der Waals surface area (Å²) in [6, 6.07) is 0. The maximum absolute atomic E-state index is 3.76. The second kappa shape index (κ2) is 13.6. The molecule has 0 spiro atoms. The maximum atomic E-state index is 3.76. The largest absolute Gasteiger partial charge is 0.314 e. The van der Waals surface area contributed by atoms with E-state index in [1.165, 1.54) is 83.7 Å². The van der Waals surface area contributed by atoms with Gasteiger partial charge in [-0.2, -0.15) is 0 Å². The first-order chi connectivity index (χ1) is 10.1. The fourth-order valence-electron chi connectivity index (χ4n) is 2.99. The van der Waals surface area contributed by atoms with Gasteiger partial charge < -0.3 is 4.48 Å². The van der Waals surface area contributed by atoms with Crippen molar-refractivity contribution in [3.05, 3.63) is 0 Å². The lowest BCUT2D eigenvalue weighted by atomic mass is 10.1. The topological polar surface area (TPSA) is 12.0 Å². The Morgan fingerprint density at radius 1 is 0.714 bits per heavy atom. The highest BCUT2D eigenvalue weighted by Gasteiger charge is 2.23. The van der Waals surface area contributed by atoms with Crippen LogP contribution < -0.4 is 5.32 Å². The van der Waals surface area contributed by atoms with Crippen LogP contribution in [0.25, 0.3) is 0 Å². The number of nitrogens with zero attached hydrogens (tertiary/aromatic N) is 1. The molecule has 0 aromatic heterocycles. The number of hydrogen-bond acceptors (Lipinski definition) is 1. The molecule has 2 heteroatoms. The minimum absolute atomic E-state index is 0.619. The van der Waals surface area contributed by atoms with Gasteiger partial charge in [-0.15, -0.1) is 0 Å². The van der Waals surface area contributed by atoms with Gasteiger partial charge in [-0.1, -0.05) is 71.6 Å². The molecule has 1 atom stereocenters. The summed E-state index contributed by atoms with van der Waals surface area (Å²) in [6.45, 7) is 9.26. The highest BCUT2D eigenvalue weighted by Crippen LogP contribution is 2.11. The van der Waals surface area contributed by atoms with Crippen LogP contribution in [-0.4, -0.2) is 37.8 Å². The molecule has 0 aromatic carbocycles. The molecule has 0 saturated heterocycles. The third-order valence-electron chi connectivity index (χ3n) is 4.96. The first-order valence-electron chi connectivity index (χ1n) is 9.64. The Morgan fingerprint density at radius 2 is 1.19 bits per heavy atom. The summed E-state index contributed by atoms with van der Waals surface area (Å²) < 4.78 is 1.09. The van der Waals surface area contributed by atoms with Gasteiger partial charge >= 0.3 is 0 Å². The zero-order chi connectivity index (χ0) is 16.0. The Bertz CT molecular complexity index is 214. The molecule has 128 valence electrons. The van der Waals surface area contributed by atoms with Crippen LogP contribution in [-0.2, 0) is 0 Å². The van der Waals surface area contributed by atoms with E-state index in [9.17, 15) is 0 Å². The van der Waals surface area contributed by atoms with Crippen LogP contribution in [0, 0.1) is 0 Å². The van der Waals surface area contributed by atoms with Crippen LogP contribution in [0.4, 0.5) is 0 Å². The van der Waals surface area contributed by atoms with Crippen molar-refractivity contribution in [1.82, 2.24) is 5.32 Å². The molecular formula is C19H43N2+. The van der Waals surface area contributed by atoms with E-state index in [1.54, 1.807) is 0 Å². The average Bonchev–Trinajstić information content (AvgIpc) is 2.48. The number of unbranched alkanes of at least 4 members (excludes halogenated alkanes) is 9. The number of quaternary nitrogens is 1. The van der Waals surface area contributed by atoms with Crippen molar-refractivity contribution in [2.24, 2.45) is 0 Å². The van der Waals surface area contributed by atoms with Crippen LogP contribution in [0.1, 0.15) is 91.4 Å². The minimum atomic E-state index is 0.619. The summed E-state index contributed by atoms with van der Waals surface area (Å²) >= 11 is 0. The molecular weight excluding hydrogens is 256 g/mol. The van der Waals surface area contributed by atoms with Crippen molar-refractivity contribution >= 4 is 0 Å². The van der Waals surface area contributed by atoms with Crippen LogP contribution >= 0.6 is 0 Å². The summed E-state index contributed by atoms with van der Waals surface area (Å²) in [5.74, 6) is 0. The monoisotopic (exact) mass is 299 g/mol. The molecule has 1 unspecified atom stereocenters. The molecule has 0 aliphatic heterocycles. The fourth-order valence-corrected chi connectivity index (χ4v) is 2.99. The molecule has 0 saturated carbocycles. The van der Waals surface area contributed by atoms with Gasteiger partial charge in [0.2, 0.25) is 0 Å².